The maximum absolute atomic E-state index is 13.2. The summed E-state index contributed by atoms with van der Waals surface area (Å²) in [7, 11) is -2.46. The van der Waals surface area contributed by atoms with E-state index in [2.05, 4.69) is 36.4 Å². The molecule has 0 saturated heterocycles. The summed E-state index contributed by atoms with van der Waals surface area (Å²) in [5.74, 6) is -1.01. The Balaban J connectivity index is 0.00000300. The molecule has 3 aromatic rings. The van der Waals surface area contributed by atoms with E-state index in [4.69, 9.17) is 9.47 Å². The number of hydrogen-bond donors (Lipinski definition) is 0. The lowest BCUT2D eigenvalue weighted by Gasteiger charge is -2.32. The summed E-state index contributed by atoms with van der Waals surface area (Å²) in [5, 5.41) is 3.29. The molecule has 0 heterocycles. The van der Waals surface area contributed by atoms with Gasteiger partial charge in [-0.3, -0.25) is 0 Å². The minimum atomic E-state index is -2.46. The highest BCUT2D eigenvalue weighted by Crippen LogP contribution is 2.60. The zero-order chi connectivity index (χ0) is 19.8. The van der Waals surface area contributed by atoms with Crippen molar-refractivity contribution in [1.82, 2.24) is 0 Å². The molecule has 1 atom stereocenters. The molecule has 0 aliphatic carbocycles. The number of benzene rings is 3. The highest BCUT2D eigenvalue weighted by Gasteiger charge is 2.57. The molecule has 152 valence electrons. The Morgan fingerprint density at radius 3 is 1.41 bits per heavy atom. The first-order valence-electron chi connectivity index (χ1n) is 9.59. The van der Waals surface area contributed by atoms with E-state index >= 15 is 0 Å². The number of rotatable bonds is 8. The molecule has 29 heavy (non-hydrogen) atoms. The summed E-state index contributed by atoms with van der Waals surface area (Å²) < 4.78 is 11.7. The predicted octanol–water partition coefficient (Wildman–Crippen LogP) is 0.910. The van der Waals surface area contributed by atoms with Gasteiger partial charge in [0.25, 0.3) is 5.85 Å². The summed E-state index contributed by atoms with van der Waals surface area (Å²) in [6, 6.07) is 30.7. The number of halogens is 1. The second-order valence-electron chi connectivity index (χ2n) is 6.29. The van der Waals surface area contributed by atoms with Crippen LogP contribution in [0, 0.1) is 0 Å². The van der Waals surface area contributed by atoms with Gasteiger partial charge in [0.05, 0.1) is 6.61 Å². The summed E-state index contributed by atoms with van der Waals surface area (Å²) in [6.45, 7) is 4.50. The van der Waals surface area contributed by atoms with Crippen LogP contribution in [0.15, 0.2) is 91.0 Å². The van der Waals surface area contributed by atoms with Gasteiger partial charge < -0.3 is 21.9 Å². The Hall–Kier alpha value is -2.19. The third-order valence-electron chi connectivity index (χ3n) is 4.65. The van der Waals surface area contributed by atoms with Crippen molar-refractivity contribution in [3.8, 4) is 0 Å². The molecule has 0 saturated carbocycles. The fourth-order valence-electron chi connectivity index (χ4n) is 3.55. The van der Waals surface area contributed by atoms with E-state index in [1.807, 2.05) is 68.4 Å². The topological polar surface area (TPSA) is 35.5 Å². The van der Waals surface area contributed by atoms with Gasteiger partial charge in [0.2, 0.25) is 0 Å². The van der Waals surface area contributed by atoms with Crippen molar-refractivity contribution < 1.29 is 26.7 Å². The molecule has 3 aromatic carbocycles. The van der Waals surface area contributed by atoms with Gasteiger partial charge in [0.1, 0.15) is 15.9 Å². The van der Waals surface area contributed by atoms with Crippen LogP contribution in [0.4, 0.5) is 0 Å². The standard InChI is InChI=1S/C24H26O3P.ClH/c1-3-26-23(25)24(27-4-2)28(20-14-8-5-9-15-20,21-16-10-6-11-17-21)22-18-12-7-13-19-22;/h5-19,24H,3-4H2,1-2H3;1H/q+1;/p-1. The van der Waals surface area contributed by atoms with Crippen LogP contribution in [0.3, 0.4) is 0 Å². The predicted molar refractivity (Wildman–Crippen MR) is 117 cm³/mol. The lowest BCUT2D eigenvalue weighted by Crippen LogP contribution is -3.00. The molecule has 0 fully saturated rings. The number of carbonyl (C=O) groups is 1. The molecule has 3 nitrogen and oxygen atoms in total. The summed E-state index contributed by atoms with van der Waals surface area (Å²) in [5.41, 5.74) is 0. The number of hydrogen-bond acceptors (Lipinski definition) is 3. The first-order chi connectivity index (χ1) is 13.7. The molecule has 5 heteroatoms. The molecule has 0 amide bonds. The van der Waals surface area contributed by atoms with E-state index in [0.717, 1.165) is 15.9 Å². The van der Waals surface area contributed by atoms with E-state index in [9.17, 15) is 4.79 Å². The molecule has 0 bridgehead atoms. The van der Waals surface area contributed by atoms with E-state index < -0.39 is 13.1 Å². The van der Waals surface area contributed by atoms with Crippen LogP contribution < -0.4 is 28.3 Å². The normalized spacial score (nSPS) is 11.9. The van der Waals surface area contributed by atoms with Gasteiger partial charge in [-0.05, 0) is 50.2 Å². The molecule has 0 radical (unpaired) electrons. The van der Waals surface area contributed by atoms with Crippen LogP contribution in [-0.2, 0) is 14.3 Å². The van der Waals surface area contributed by atoms with Crippen molar-refractivity contribution in [2.24, 2.45) is 0 Å². The van der Waals surface area contributed by atoms with Gasteiger partial charge >= 0.3 is 5.97 Å². The largest absolute Gasteiger partial charge is 1.00 e. The maximum Gasteiger partial charge on any atom is 0.376 e. The van der Waals surface area contributed by atoms with E-state index in [-0.39, 0.29) is 18.4 Å². The highest BCUT2D eigenvalue weighted by atomic mass is 35.5. The minimum Gasteiger partial charge on any atom is -1.00 e. The molecule has 0 aliphatic rings. The van der Waals surface area contributed by atoms with Gasteiger partial charge in [-0.15, -0.1) is 0 Å². The summed E-state index contributed by atoms with van der Waals surface area (Å²) in [6.07, 6.45) is 0. The Morgan fingerprint density at radius 2 is 1.10 bits per heavy atom. The number of esters is 1. The molecule has 1 unspecified atom stereocenters. The van der Waals surface area contributed by atoms with Crippen molar-refractivity contribution in [3.05, 3.63) is 91.0 Å². The van der Waals surface area contributed by atoms with Gasteiger partial charge in [-0.25, -0.2) is 4.79 Å². The van der Waals surface area contributed by atoms with Crippen LogP contribution in [0.25, 0.3) is 0 Å². The molecule has 0 N–H and O–H groups in total. The van der Waals surface area contributed by atoms with E-state index in [0.29, 0.717) is 13.2 Å². The monoisotopic (exact) mass is 428 g/mol. The first-order valence-corrected chi connectivity index (χ1v) is 11.4. The zero-order valence-corrected chi connectivity index (χ0v) is 18.4. The number of ether oxygens (including phenoxy) is 2. The fourth-order valence-corrected chi connectivity index (χ4v) is 7.95. The first kappa shape index (κ1) is 23.1. The molecule has 0 spiro atoms. The van der Waals surface area contributed by atoms with Crippen molar-refractivity contribution >= 4 is 29.1 Å². The summed E-state index contributed by atoms with van der Waals surface area (Å²) >= 11 is 0. The highest BCUT2D eigenvalue weighted by molar-refractivity contribution is 7.96. The van der Waals surface area contributed by atoms with Crippen LogP contribution in [0.2, 0.25) is 0 Å². The quantitative estimate of drug-likeness (QED) is 0.395. The average Bonchev–Trinajstić information content (AvgIpc) is 2.76. The third-order valence-corrected chi connectivity index (χ3v) is 9.06. The van der Waals surface area contributed by atoms with Crippen molar-refractivity contribution in [1.29, 1.82) is 0 Å². The second kappa shape index (κ2) is 11.1. The molecule has 0 aromatic heterocycles. The Labute approximate surface area is 179 Å². The third kappa shape index (κ3) is 4.70. The molecular weight excluding hydrogens is 403 g/mol. The van der Waals surface area contributed by atoms with Crippen molar-refractivity contribution in [2.75, 3.05) is 13.2 Å². The van der Waals surface area contributed by atoms with Gasteiger partial charge in [-0.2, -0.15) is 0 Å². The van der Waals surface area contributed by atoms with E-state index in [1.54, 1.807) is 0 Å². The molecule has 0 aliphatic heterocycles. The van der Waals surface area contributed by atoms with Crippen LogP contribution in [0.5, 0.6) is 0 Å². The lowest BCUT2D eigenvalue weighted by atomic mass is 10.4. The van der Waals surface area contributed by atoms with Crippen LogP contribution in [-0.4, -0.2) is 25.0 Å². The maximum atomic E-state index is 13.2. The Kier molecular flexibility index (Phi) is 8.85. The second-order valence-corrected chi connectivity index (χ2v) is 9.75. The van der Waals surface area contributed by atoms with Gasteiger partial charge in [0, 0.05) is 6.61 Å². The van der Waals surface area contributed by atoms with Crippen LogP contribution in [0.1, 0.15) is 13.8 Å². The lowest BCUT2D eigenvalue weighted by molar-refractivity contribution is -0.150. The van der Waals surface area contributed by atoms with Crippen molar-refractivity contribution in [2.45, 2.75) is 19.7 Å². The summed E-state index contributed by atoms with van der Waals surface area (Å²) in [4.78, 5) is 13.2. The zero-order valence-electron chi connectivity index (χ0n) is 16.7. The van der Waals surface area contributed by atoms with Crippen LogP contribution >= 0.6 is 7.26 Å². The number of carbonyl (C=O) groups excluding carboxylic acids is 1. The Morgan fingerprint density at radius 1 is 0.724 bits per heavy atom. The fraction of sp³-hybridized carbons (Fsp3) is 0.208. The smallest absolute Gasteiger partial charge is 0.376 e. The SMILES string of the molecule is CCOC(=O)C(OCC)[P+](c1ccccc1)(c1ccccc1)c1ccccc1.[Cl-]. The minimum absolute atomic E-state index is 0. The van der Waals surface area contributed by atoms with Crippen molar-refractivity contribution in [3.63, 3.8) is 0 Å². The van der Waals surface area contributed by atoms with Gasteiger partial charge in [0.15, 0.2) is 7.26 Å². The Bertz CT molecular complexity index is 776. The molecule has 3 rings (SSSR count). The van der Waals surface area contributed by atoms with E-state index in [1.165, 1.54) is 0 Å². The average molecular weight is 429 g/mol. The van der Waals surface area contributed by atoms with Gasteiger partial charge in [-0.1, -0.05) is 54.6 Å². The molecular formula is C24H26ClO3P.